The van der Waals surface area contributed by atoms with Gasteiger partial charge < -0.3 is 4.90 Å². The molecule has 3 aromatic carbocycles. The minimum Gasteiger partial charge on any atom is -0.303 e. The van der Waals surface area contributed by atoms with Crippen LogP contribution in [0, 0.1) is 0 Å². The summed E-state index contributed by atoms with van der Waals surface area (Å²) in [6, 6.07) is 23.1. The number of para-hydroxylation sites is 1. The molecule has 3 aromatic rings. The molecule has 34 heavy (non-hydrogen) atoms. The number of fused-ring (bicyclic) bond motifs is 1. The fraction of sp³-hybridized carbons (Fsp3) is 0.0400. The van der Waals surface area contributed by atoms with E-state index in [2.05, 4.69) is 5.43 Å². The molecule has 5 rings (SSSR count). The van der Waals surface area contributed by atoms with Crippen LogP contribution in [0.25, 0.3) is 5.57 Å². The molecule has 9 heteroatoms. The fourth-order valence-electron chi connectivity index (χ4n) is 3.82. The second kappa shape index (κ2) is 9.06. The molecule has 0 aromatic heterocycles. The van der Waals surface area contributed by atoms with Gasteiger partial charge in [0, 0.05) is 16.1 Å². The van der Waals surface area contributed by atoms with Crippen molar-refractivity contribution < 1.29 is 14.4 Å². The van der Waals surface area contributed by atoms with E-state index in [1.165, 1.54) is 0 Å². The van der Waals surface area contributed by atoms with Crippen molar-refractivity contribution in [2.24, 2.45) is 0 Å². The molecule has 2 heterocycles. The third-order valence-electron chi connectivity index (χ3n) is 5.46. The molecule has 2 aliphatic heterocycles. The number of carbonyl (C=O) groups excluding carboxylic acids is 3. The largest absolute Gasteiger partial charge is 0.303 e. The Hall–Kier alpha value is -3.46. The number of rotatable bonds is 4. The van der Waals surface area contributed by atoms with Crippen molar-refractivity contribution in [2.75, 3.05) is 4.90 Å². The molecule has 0 atom stereocenters. The van der Waals surface area contributed by atoms with E-state index in [4.69, 9.17) is 23.8 Å². The van der Waals surface area contributed by atoms with Gasteiger partial charge in [0.1, 0.15) is 0 Å². The standard InChI is InChI=1S/C25H16ClN3O3S2/c26-18-12-6-4-10-16(18)14-28-19-13-7-5-11-17(19)20(23(28)31)21-24(32)29(25(33)34-21)27-22(30)15-8-2-1-3-9-15/h1-13H,14H2,(H,27,30)/b21-20-. The molecular weight excluding hydrogens is 490 g/mol. The lowest BCUT2D eigenvalue weighted by Gasteiger charge is -2.18. The second-order valence-corrected chi connectivity index (χ2v) is 9.57. The first-order chi connectivity index (χ1) is 16.5. The Kier molecular flexibility index (Phi) is 5.95. The predicted molar refractivity (Wildman–Crippen MR) is 137 cm³/mol. The molecular formula is C25H16ClN3O3S2. The van der Waals surface area contributed by atoms with Gasteiger partial charge in [-0.05, 0) is 42.0 Å². The van der Waals surface area contributed by atoms with Crippen molar-refractivity contribution in [2.45, 2.75) is 6.54 Å². The maximum atomic E-state index is 13.6. The van der Waals surface area contributed by atoms with E-state index in [1.807, 2.05) is 36.4 Å². The Labute approximate surface area is 210 Å². The zero-order chi connectivity index (χ0) is 23.8. The summed E-state index contributed by atoms with van der Waals surface area (Å²) >= 11 is 12.7. The van der Waals surface area contributed by atoms with Gasteiger partial charge in [0.15, 0.2) is 4.32 Å². The number of nitrogens with one attached hydrogen (secondary N) is 1. The quantitative estimate of drug-likeness (QED) is 0.407. The van der Waals surface area contributed by atoms with E-state index in [0.717, 1.165) is 22.3 Å². The van der Waals surface area contributed by atoms with Crippen LogP contribution in [-0.2, 0) is 16.1 Å². The molecule has 0 spiro atoms. The maximum absolute atomic E-state index is 13.6. The van der Waals surface area contributed by atoms with E-state index >= 15 is 0 Å². The lowest BCUT2D eigenvalue weighted by atomic mass is 10.1. The molecule has 2 aliphatic rings. The van der Waals surface area contributed by atoms with Gasteiger partial charge in [0.05, 0.1) is 22.7 Å². The van der Waals surface area contributed by atoms with Crippen LogP contribution in [0.2, 0.25) is 5.02 Å². The van der Waals surface area contributed by atoms with E-state index < -0.39 is 11.8 Å². The van der Waals surface area contributed by atoms with Crippen LogP contribution >= 0.6 is 35.6 Å². The highest BCUT2D eigenvalue weighted by Gasteiger charge is 2.42. The molecule has 1 fully saturated rings. The molecule has 3 amide bonds. The van der Waals surface area contributed by atoms with Crippen molar-refractivity contribution in [1.82, 2.24) is 10.4 Å². The number of nitrogens with zero attached hydrogens (tertiary/aromatic N) is 2. The number of halogens is 1. The first-order valence-electron chi connectivity index (χ1n) is 10.3. The van der Waals surface area contributed by atoms with Gasteiger partial charge in [-0.1, -0.05) is 78.0 Å². The van der Waals surface area contributed by atoms with Gasteiger partial charge in [0.2, 0.25) is 0 Å². The third kappa shape index (κ3) is 3.90. The van der Waals surface area contributed by atoms with Crippen molar-refractivity contribution >= 4 is 68.9 Å². The van der Waals surface area contributed by atoms with Crippen LogP contribution in [0.4, 0.5) is 5.69 Å². The van der Waals surface area contributed by atoms with Crippen LogP contribution < -0.4 is 10.3 Å². The van der Waals surface area contributed by atoms with Crippen molar-refractivity contribution in [3.63, 3.8) is 0 Å². The first-order valence-corrected chi connectivity index (χ1v) is 11.9. The lowest BCUT2D eigenvalue weighted by Crippen LogP contribution is -2.45. The molecule has 0 radical (unpaired) electrons. The van der Waals surface area contributed by atoms with Crippen LogP contribution in [0.3, 0.4) is 0 Å². The summed E-state index contributed by atoms with van der Waals surface area (Å²) < 4.78 is 0.145. The third-order valence-corrected chi connectivity index (χ3v) is 7.20. The monoisotopic (exact) mass is 505 g/mol. The molecule has 1 N–H and O–H groups in total. The molecule has 6 nitrogen and oxygen atoms in total. The molecule has 0 bridgehead atoms. The minimum absolute atomic E-state index is 0.145. The van der Waals surface area contributed by atoms with Crippen LogP contribution in [0.15, 0.2) is 83.8 Å². The summed E-state index contributed by atoms with van der Waals surface area (Å²) in [5.41, 5.74) is 5.30. The Balaban J connectivity index is 1.49. The van der Waals surface area contributed by atoms with Gasteiger partial charge in [-0.2, -0.15) is 5.01 Å². The summed E-state index contributed by atoms with van der Waals surface area (Å²) in [4.78, 5) is 41.2. The molecule has 168 valence electrons. The first kappa shape index (κ1) is 22.3. The Morgan fingerprint density at radius 2 is 1.59 bits per heavy atom. The maximum Gasteiger partial charge on any atom is 0.286 e. The number of amides is 3. The highest BCUT2D eigenvalue weighted by molar-refractivity contribution is 8.26. The summed E-state index contributed by atoms with van der Waals surface area (Å²) in [7, 11) is 0. The Bertz CT molecular complexity index is 1390. The van der Waals surface area contributed by atoms with E-state index in [9.17, 15) is 14.4 Å². The van der Waals surface area contributed by atoms with E-state index in [-0.39, 0.29) is 27.3 Å². The topological polar surface area (TPSA) is 69.7 Å². The average molecular weight is 506 g/mol. The van der Waals surface area contributed by atoms with E-state index in [1.54, 1.807) is 47.4 Å². The van der Waals surface area contributed by atoms with Crippen LogP contribution in [-0.4, -0.2) is 27.1 Å². The van der Waals surface area contributed by atoms with Gasteiger partial charge in [-0.3, -0.25) is 19.8 Å². The summed E-state index contributed by atoms with van der Waals surface area (Å²) in [6.45, 7) is 0.254. The Morgan fingerprint density at radius 1 is 0.912 bits per heavy atom. The van der Waals surface area contributed by atoms with Crippen molar-refractivity contribution in [1.29, 1.82) is 0 Å². The smallest absolute Gasteiger partial charge is 0.286 e. The van der Waals surface area contributed by atoms with Gasteiger partial charge in [0.25, 0.3) is 17.7 Å². The lowest BCUT2D eigenvalue weighted by molar-refractivity contribution is -0.124. The zero-order valence-corrected chi connectivity index (χ0v) is 19.9. The average Bonchev–Trinajstić information content (AvgIpc) is 3.28. The fourth-order valence-corrected chi connectivity index (χ4v) is 5.27. The number of thioether (sulfide) groups is 1. The van der Waals surface area contributed by atoms with Crippen LogP contribution in [0.5, 0.6) is 0 Å². The van der Waals surface area contributed by atoms with Crippen molar-refractivity contribution in [3.8, 4) is 0 Å². The normalized spacial score (nSPS) is 17.4. The number of thiocarbonyl (C=S) groups is 1. The number of benzene rings is 3. The molecule has 0 saturated carbocycles. The summed E-state index contributed by atoms with van der Waals surface area (Å²) in [5.74, 6) is -1.34. The summed E-state index contributed by atoms with van der Waals surface area (Å²) in [6.07, 6.45) is 0. The highest BCUT2D eigenvalue weighted by atomic mass is 35.5. The Morgan fingerprint density at radius 3 is 2.35 bits per heavy atom. The molecule has 1 saturated heterocycles. The molecule has 0 unspecified atom stereocenters. The summed E-state index contributed by atoms with van der Waals surface area (Å²) in [5, 5.41) is 1.57. The second-order valence-electron chi connectivity index (χ2n) is 7.52. The van der Waals surface area contributed by atoms with Crippen molar-refractivity contribution in [3.05, 3.63) is 105 Å². The SMILES string of the molecule is O=C(NN1C(=O)/C(=C2/C(=O)N(Cc3ccccc3Cl)c3ccccc32)SC1=S)c1ccccc1. The van der Waals surface area contributed by atoms with Gasteiger partial charge in [-0.15, -0.1) is 0 Å². The number of anilines is 1. The van der Waals surface area contributed by atoms with Crippen LogP contribution in [0.1, 0.15) is 21.5 Å². The highest BCUT2D eigenvalue weighted by Crippen LogP contribution is 2.44. The number of carbonyl (C=O) groups is 3. The predicted octanol–water partition coefficient (Wildman–Crippen LogP) is 4.80. The number of hydrogen-bond acceptors (Lipinski definition) is 5. The van der Waals surface area contributed by atoms with E-state index in [0.29, 0.717) is 21.8 Å². The van der Waals surface area contributed by atoms with Gasteiger partial charge >= 0.3 is 0 Å². The zero-order valence-electron chi connectivity index (χ0n) is 17.5. The van der Waals surface area contributed by atoms with Gasteiger partial charge in [-0.25, -0.2) is 0 Å². The number of hydrogen-bond donors (Lipinski definition) is 1. The molecule has 0 aliphatic carbocycles. The number of hydrazine groups is 1. The minimum atomic E-state index is -0.544.